The second-order valence-electron chi connectivity index (χ2n) is 3.00. The van der Waals surface area contributed by atoms with Gasteiger partial charge in [0.05, 0.1) is 18.1 Å². The Balaban J connectivity index is 3.29. The Morgan fingerprint density at radius 1 is 1.64 bits per heavy atom. The van der Waals surface area contributed by atoms with Crippen LogP contribution in [0, 0.1) is 18.3 Å². The number of nitrogens with zero attached hydrogens (tertiary/aromatic N) is 1. The molecule has 0 heterocycles. The number of nitrogen functional groups attached to an aromatic ring is 1. The van der Waals surface area contributed by atoms with Crippen molar-refractivity contribution in [2.24, 2.45) is 0 Å². The summed E-state index contributed by atoms with van der Waals surface area (Å²) in [7, 11) is 0. The van der Waals surface area contributed by atoms with Crippen LogP contribution in [-0.2, 0) is 11.2 Å². The molecule has 0 radical (unpaired) electrons. The number of aliphatic carboxylic acids is 1. The second kappa shape index (κ2) is 3.79. The Morgan fingerprint density at radius 3 is 2.79 bits per heavy atom. The number of nitriles is 1. The van der Waals surface area contributed by atoms with Crippen LogP contribution >= 0.6 is 0 Å². The van der Waals surface area contributed by atoms with Crippen LogP contribution in [0.2, 0.25) is 0 Å². The van der Waals surface area contributed by atoms with Crippen molar-refractivity contribution in [1.82, 2.24) is 0 Å². The molecule has 3 N–H and O–H groups in total. The lowest BCUT2D eigenvalue weighted by atomic mass is 10.00. The van der Waals surface area contributed by atoms with Crippen molar-refractivity contribution in [2.75, 3.05) is 5.73 Å². The summed E-state index contributed by atoms with van der Waals surface area (Å²) in [6.45, 7) is 1.78. The molecule has 0 aliphatic rings. The van der Waals surface area contributed by atoms with E-state index < -0.39 is 5.97 Å². The summed E-state index contributed by atoms with van der Waals surface area (Å²) in [5.41, 5.74) is 7.61. The zero-order valence-corrected chi connectivity index (χ0v) is 7.74. The molecule has 1 rings (SSSR count). The van der Waals surface area contributed by atoms with Crippen LogP contribution in [0.4, 0.5) is 5.69 Å². The Morgan fingerprint density at radius 2 is 2.29 bits per heavy atom. The summed E-state index contributed by atoms with van der Waals surface area (Å²) < 4.78 is 0. The number of anilines is 1. The van der Waals surface area contributed by atoms with E-state index in [0.29, 0.717) is 16.8 Å². The molecule has 0 saturated carbocycles. The van der Waals surface area contributed by atoms with E-state index in [1.54, 1.807) is 19.1 Å². The van der Waals surface area contributed by atoms with E-state index in [-0.39, 0.29) is 6.42 Å². The van der Waals surface area contributed by atoms with Gasteiger partial charge in [0.15, 0.2) is 0 Å². The van der Waals surface area contributed by atoms with Gasteiger partial charge in [-0.25, -0.2) is 0 Å². The fourth-order valence-electron chi connectivity index (χ4n) is 1.23. The summed E-state index contributed by atoms with van der Waals surface area (Å²) in [5, 5.41) is 17.4. The minimum Gasteiger partial charge on any atom is -0.481 e. The maximum atomic E-state index is 10.5. The molecular formula is C10H10N2O2. The van der Waals surface area contributed by atoms with E-state index in [1.807, 2.05) is 6.07 Å². The number of hydrogen-bond acceptors (Lipinski definition) is 3. The molecule has 0 aromatic heterocycles. The summed E-state index contributed by atoms with van der Waals surface area (Å²) in [4.78, 5) is 10.5. The number of carboxylic acid groups (broad SMARTS) is 1. The van der Waals surface area contributed by atoms with Crippen LogP contribution < -0.4 is 5.73 Å². The van der Waals surface area contributed by atoms with Gasteiger partial charge in [0.25, 0.3) is 0 Å². The molecule has 0 bridgehead atoms. The number of carbonyl (C=O) groups is 1. The number of carboxylic acids is 1. The van der Waals surface area contributed by atoms with Crippen molar-refractivity contribution in [3.63, 3.8) is 0 Å². The van der Waals surface area contributed by atoms with Gasteiger partial charge in [0.2, 0.25) is 0 Å². The second-order valence-corrected chi connectivity index (χ2v) is 3.00. The first-order valence-corrected chi connectivity index (χ1v) is 4.06. The minimum absolute atomic E-state index is 0.212. The number of hydrogen-bond donors (Lipinski definition) is 2. The van der Waals surface area contributed by atoms with E-state index in [4.69, 9.17) is 16.1 Å². The summed E-state index contributed by atoms with van der Waals surface area (Å²) in [6.07, 6.45) is -0.212. The molecular weight excluding hydrogens is 180 g/mol. The number of nitrogens with two attached hydrogens (primary N) is 1. The van der Waals surface area contributed by atoms with Gasteiger partial charge >= 0.3 is 5.97 Å². The number of benzene rings is 1. The van der Waals surface area contributed by atoms with Crippen LogP contribution in [0.1, 0.15) is 16.7 Å². The van der Waals surface area contributed by atoms with Gasteiger partial charge in [-0.1, -0.05) is 6.07 Å². The molecule has 0 aliphatic heterocycles. The van der Waals surface area contributed by atoms with Crippen LogP contribution in [0.3, 0.4) is 0 Å². The third kappa shape index (κ3) is 1.83. The lowest BCUT2D eigenvalue weighted by Gasteiger charge is -2.07. The third-order valence-electron chi connectivity index (χ3n) is 2.02. The number of rotatable bonds is 2. The van der Waals surface area contributed by atoms with E-state index in [1.165, 1.54) is 0 Å². The van der Waals surface area contributed by atoms with E-state index in [0.717, 1.165) is 5.56 Å². The number of aryl methyl sites for hydroxylation is 1. The van der Waals surface area contributed by atoms with Crippen LogP contribution in [-0.4, -0.2) is 11.1 Å². The molecule has 0 aliphatic carbocycles. The van der Waals surface area contributed by atoms with Gasteiger partial charge in [0, 0.05) is 11.3 Å². The monoisotopic (exact) mass is 190 g/mol. The van der Waals surface area contributed by atoms with Crippen molar-refractivity contribution in [3.05, 3.63) is 28.8 Å². The standard InChI is InChI=1S/C10H10N2O2/c1-6-2-3-7(5-11)8(10(6)12)4-9(13)14/h2-3H,4,12H2,1H3,(H,13,14). The Kier molecular flexibility index (Phi) is 2.73. The van der Waals surface area contributed by atoms with Gasteiger partial charge in [-0.15, -0.1) is 0 Å². The van der Waals surface area contributed by atoms with E-state index >= 15 is 0 Å². The molecule has 1 aromatic rings. The van der Waals surface area contributed by atoms with Crippen molar-refractivity contribution < 1.29 is 9.90 Å². The maximum Gasteiger partial charge on any atom is 0.307 e. The molecule has 0 atom stereocenters. The van der Waals surface area contributed by atoms with Crippen molar-refractivity contribution in [1.29, 1.82) is 5.26 Å². The lowest BCUT2D eigenvalue weighted by molar-refractivity contribution is -0.136. The van der Waals surface area contributed by atoms with E-state index in [2.05, 4.69) is 0 Å². The quantitative estimate of drug-likeness (QED) is 0.683. The zero-order chi connectivity index (χ0) is 10.7. The van der Waals surface area contributed by atoms with Gasteiger partial charge in [-0.3, -0.25) is 4.79 Å². The van der Waals surface area contributed by atoms with Crippen LogP contribution in [0.15, 0.2) is 12.1 Å². The van der Waals surface area contributed by atoms with Gasteiger partial charge in [-0.05, 0) is 18.6 Å². The van der Waals surface area contributed by atoms with Gasteiger partial charge < -0.3 is 10.8 Å². The SMILES string of the molecule is Cc1ccc(C#N)c(CC(=O)O)c1N. The first-order chi connectivity index (χ1) is 6.56. The molecule has 0 spiro atoms. The molecule has 14 heavy (non-hydrogen) atoms. The topological polar surface area (TPSA) is 87.1 Å². The van der Waals surface area contributed by atoms with Crippen molar-refractivity contribution in [3.8, 4) is 6.07 Å². The van der Waals surface area contributed by atoms with Crippen LogP contribution in [0.25, 0.3) is 0 Å². The predicted molar refractivity (Wildman–Crippen MR) is 51.6 cm³/mol. The van der Waals surface area contributed by atoms with Crippen molar-refractivity contribution >= 4 is 11.7 Å². The van der Waals surface area contributed by atoms with Gasteiger partial charge in [-0.2, -0.15) is 5.26 Å². The highest BCUT2D eigenvalue weighted by Gasteiger charge is 2.11. The lowest BCUT2D eigenvalue weighted by Crippen LogP contribution is -2.07. The predicted octanol–water partition coefficient (Wildman–Crippen LogP) is 1.08. The van der Waals surface area contributed by atoms with Crippen molar-refractivity contribution in [2.45, 2.75) is 13.3 Å². The molecule has 0 amide bonds. The molecule has 0 unspecified atom stereocenters. The normalized spacial score (nSPS) is 9.43. The first-order valence-electron chi connectivity index (χ1n) is 4.06. The van der Waals surface area contributed by atoms with Gasteiger partial charge in [0.1, 0.15) is 0 Å². The zero-order valence-electron chi connectivity index (χ0n) is 7.74. The largest absolute Gasteiger partial charge is 0.481 e. The Hall–Kier alpha value is -2.02. The molecule has 1 aromatic carbocycles. The fraction of sp³-hybridized carbons (Fsp3) is 0.200. The molecule has 72 valence electrons. The summed E-state index contributed by atoms with van der Waals surface area (Å²) >= 11 is 0. The highest BCUT2D eigenvalue weighted by atomic mass is 16.4. The first kappa shape index (κ1) is 10.1. The molecule has 0 fully saturated rings. The molecule has 4 nitrogen and oxygen atoms in total. The average Bonchev–Trinajstić information content (AvgIpc) is 2.13. The highest BCUT2D eigenvalue weighted by molar-refractivity contribution is 5.75. The third-order valence-corrected chi connectivity index (χ3v) is 2.02. The highest BCUT2D eigenvalue weighted by Crippen LogP contribution is 2.21. The molecule has 4 heteroatoms. The Bertz CT molecular complexity index is 419. The smallest absolute Gasteiger partial charge is 0.307 e. The Labute approximate surface area is 81.6 Å². The molecule has 0 saturated heterocycles. The summed E-state index contributed by atoms with van der Waals surface area (Å²) in [5.74, 6) is -0.987. The minimum atomic E-state index is -0.987. The summed E-state index contributed by atoms with van der Waals surface area (Å²) in [6, 6.07) is 5.22. The average molecular weight is 190 g/mol. The van der Waals surface area contributed by atoms with Crippen LogP contribution in [0.5, 0.6) is 0 Å². The van der Waals surface area contributed by atoms with E-state index in [9.17, 15) is 4.79 Å². The fourth-order valence-corrected chi connectivity index (χ4v) is 1.23. The maximum absolute atomic E-state index is 10.5.